The molecule has 4 nitrogen and oxygen atoms in total. The molecule has 0 saturated heterocycles. The Morgan fingerprint density at radius 1 is 1.29 bits per heavy atom. The van der Waals surface area contributed by atoms with Crippen molar-refractivity contribution in [3.05, 3.63) is 46.1 Å². The molecule has 0 aliphatic heterocycles. The van der Waals surface area contributed by atoms with Gasteiger partial charge in [-0.05, 0) is 36.3 Å². The molecule has 1 N–H and O–H groups in total. The van der Waals surface area contributed by atoms with E-state index in [1.807, 2.05) is 24.3 Å². The molecule has 0 aliphatic rings. The lowest BCUT2D eigenvalue weighted by Gasteiger charge is -2.01. The van der Waals surface area contributed by atoms with E-state index in [0.29, 0.717) is 0 Å². The molecule has 5 heteroatoms. The molecule has 92 valence electrons. The normalized spacial score (nSPS) is 10.9. The molecule has 0 bridgehead atoms. The predicted molar refractivity (Wildman–Crippen MR) is 69.5 cm³/mol. The minimum absolute atomic E-state index is 0.241. The molecule has 1 rings (SSSR count). The van der Waals surface area contributed by atoms with Gasteiger partial charge in [0.05, 0.1) is 4.92 Å². The largest absolute Gasteiger partial charge is 0.396 e. The van der Waals surface area contributed by atoms with Gasteiger partial charge in [0.1, 0.15) is 0 Å². The number of hydrogen-bond donors (Lipinski definition) is 1. The first-order chi connectivity index (χ1) is 8.22. The highest BCUT2D eigenvalue weighted by molar-refractivity contribution is 7.99. The molecular weight excluding hydrogens is 238 g/mol. The number of nitro groups is 1. The Labute approximate surface area is 105 Å². The van der Waals surface area contributed by atoms with Gasteiger partial charge in [-0.25, -0.2) is 0 Å². The molecule has 1 aromatic carbocycles. The van der Waals surface area contributed by atoms with E-state index in [1.54, 1.807) is 11.8 Å². The van der Waals surface area contributed by atoms with Crippen LogP contribution in [0.15, 0.2) is 35.4 Å². The molecule has 0 amide bonds. The Morgan fingerprint density at radius 2 is 2.00 bits per heavy atom. The van der Waals surface area contributed by atoms with Crippen LogP contribution in [0.2, 0.25) is 0 Å². The summed E-state index contributed by atoms with van der Waals surface area (Å²) in [5, 5.41) is 18.8. The van der Waals surface area contributed by atoms with Crippen LogP contribution in [0, 0.1) is 10.1 Å². The zero-order valence-electron chi connectivity index (χ0n) is 9.41. The van der Waals surface area contributed by atoms with Crippen LogP contribution in [-0.4, -0.2) is 22.4 Å². The second-order valence-corrected chi connectivity index (χ2v) is 4.62. The maximum atomic E-state index is 10.1. The van der Waals surface area contributed by atoms with Crippen LogP contribution in [-0.2, 0) is 0 Å². The minimum atomic E-state index is -0.475. The van der Waals surface area contributed by atoms with Gasteiger partial charge in [-0.15, -0.1) is 11.8 Å². The first kappa shape index (κ1) is 13.7. The lowest BCUT2D eigenvalue weighted by Crippen LogP contribution is -1.85. The standard InChI is InChI=1S/C12H15NO3S/c14-9-1-2-10-17-12-5-3-11(4-6-12)7-8-13(15)16/h3-8,14H,1-2,9-10H2/b8-7+. The van der Waals surface area contributed by atoms with E-state index in [0.717, 1.165) is 35.3 Å². The van der Waals surface area contributed by atoms with Crippen molar-refractivity contribution in [1.82, 2.24) is 0 Å². The molecule has 0 atom stereocenters. The summed E-state index contributed by atoms with van der Waals surface area (Å²) < 4.78 is 0. The number of benzene rings is 1. The number of aliphatic hydroxyl groups is 1. The van der Waals surface area contributed by atoms with Gasteiger partial charge in [-0.2, -0.15) is 0 Å². The monoisotopic (exact) mass is 253 g/mol. The molecule has 0 unspecified atom stereocenters. The minimum Gasteiger partial charge on any atom is -0.396 e. The number of unbranched alkanes of at least 4 members (excludes halogenated alkanes) is 1. The third kappa shape index (κ3) is 6.09. The fourth-order valence-corrected chi connectivity index (χ4v) is 2.14. The van der Waals surface area contributed by atoms with Crippen LogP contribution in [0.5, 0.6) is 0 Å². The average Bonchev–Trinajstić information content (AvgIpc) is 2.33. The van der Waals surface area contributed by atoms with Crippen molar-refractivity contribution in [1.29, 1.82) is 0 Å². The maximum absolute atomic E-state index is 10.1. The van der Waals surface area contributed by atoms with Crippen LogP contribution >= 0.6 is 11.8 Å². The van der Waals surface area contributed by atoms with Gasteiger partial charge >= 0.3 is 0 Å². The summed E-state index contributed by atoms with van der Waals surface area (Å²) in [7, 11) is 0. The van der Waals surface area contributed by atoms with Gasteiger partial charge < -0.3 is 5.11 Å². The van der Waals surface area contributed by atoms with Gasteiger partial charge in [0.15, 0.2) is 0 Å². The molecule has 0 radical (unpaired) electrons. The van der Waals surface area contributed by atoms with Crippen molar-refractivity contribution in [2.45, 2.75) is 17.7 Å². The van der Waals surface area contributed by atoms with Crippen LogP contribution in [0.1, 0.15) is 18.4 Å². The zero-order chi connectivity index (χ0) is 12.5. The first-order valence-electron chi connectivity index (χ1n) is 5.38. The van der Waals surface area contributed by atoms with Crippen molar-refractivity contribution < 1.29 is 10.0 Å². The molecule has 17 heavy (non-hydrogen) atoms. The fraction of sp³-hybridized carbons (Fsp3) is 0.333. The van der Waals surface area contributed by atoms with E-state index >= 15 is 0 Å². The summed E-state index contributed by atoms with van der Waals surface area (Å²) in [5.41, 5.74) is 0.821. The Balaban J connectivity index is 2.42. The van der Waals surface area contributed by atoms with Gasteiger partial charge in [0, 0.05) is 17.6 Å². The Morgan fingerprint density at radius 3 is 2.59 bits per heavy atom. The van der Waals surface area contributed by atoms with E-state index < -0.39 is 4.92 Å². The third-order valence-electron chi connectivity index (χ3n) is 2.09. The van der Waals surface area contributed by atoms with Gasteiger partial charge in [0.25, 0.3) is 0 Å². The molecule has 0 aromatic heterocycles. The number of hydrogen-bond acceptors (Lipinski definition) is 4. The van der Waals surface area contributed by atoms with E-state index in [-0.39, 0.29) is 6.61 Å². The van der Waals surface area contributed by atoms with Gasteiger partial charge in [-0.1, -0.05) is 12.1 Å². The van der Waals surface area contributed by atoms with E-state index in [4.69, 9.17) is 5.11 Å². The zero-order valence-corrected chi connectivity index (χ0v) is 10.2. The summed E-state index contributed by atoms with van der Waals surface area (Å²) in [6, 6.07) is 7.61. The van der Waals surface area contributed by atoms with Crippen molar-refractivity contribution in [3.63, 3.8) is 0 Å². The van der Waals surface area contributed by atoms with Crippen molar-refractivity contribution >= 4 is 17.8 Å². The number of nitrogens with zero attached hydrogens (tertiary/aromatic N) is 1. The fourth-order valence-electron chi connectivity index (χ4n) is 1.23. The highest BCUT2D eigenvalue weighted by Gasteiger charge is 1.95. The molecule has 0 spiro atoms. The van der Waals surface area contributed by atoms with Crippen LogP contribution < -0.4 is 0 Å². The van der Waals surface area contributed by atoms with E-state index in [9.17, 15) is 10.1 Å². The summed E-state index contributed by atoms with van der Waals surface area (Å²) >= 11 is 1.72. The second kappa shape index (κ2) is 7.86. The van der Waals surface area contributed by atoms with Crippen molar-refractivity contribution in [2.75, 3.05) is 12.4 Å². The predicted octanol–water partition coefficient (Wildman–Crippen LogP) is 2.80. The lowest BCUT2D eigenvalue weighted by atomic mass is 10.2. The Kier molecular flexibility index (Phi) is 6.35. The number of rotatable bonds is 7. The SMILES string of the molecule is O=[N+]([O-])/C=C/c1ccc(SCCCCO)cc1. The molecule has 1 aromatic rings. The highest BCUT2D eigenvalue weighted by Crippen LogP contribution is 2.20. The average molecular weight is 253 g/mol. The molecule has 0 saturated carbocycles. The van der Waals surface area contributed by atoms with Crippen molar-refractivity contribution in [3.8, 4) is 0 Å². The lowest BCUT2D eigenvalue weighted by molar-refractivity contribution is -0.400. The Bertz CT molecular complexity index is 376. The van der Waals surface area contributed by atoms with Crippen LogP contribution in [0.4, 0.5) is 0 Å². The number of thioether (sulfide) groups is 1. The van der Waals surface area contributed by atoms with Crippen LogP contribution in [0.25, 0.3) is 6.08 Å². The Hall–Kier alpha value is -1.33. The maximum Gasteiger partial charge on any atom is 0.235 e. The van der Waals surface area contributed by atoms with Gasteiger partial charge in [0.2, 0.25) is 6.20 Å². The molecular formula is C12H15NO3S. The van der Waals surface area contributed by atoms with Gasteiger partial charge in [-0.3, -0.25) is 10.1 Å². The highest BCUT2D eigenvalue weighted by atomic mass is 32.2. The van der Waals surface area contributed by atoms with Crippen molar-refractivity contribution in [2.24, 2.45) is 0 Å². The van der Waals surface area contributed by atoms with E-state index in [1.165, 1.54) is 6.08 Å². The summed E-state index contributed by atoms with van der Waals surface area (Å²) in [5.74, 6) is 0.977. The summed E-state index contributed by atoms with van der Waals surface area (Å²) in [4.78, 5) is 10.8. The van der Waals surface area contributed by atoms with Crippen LogP contribution in [0.3, 0.4) is 0 Å². The quantitative estimate of drug-likeness (QED) is 0.351. The summed E-state index contributed by atoms with van der Waals surface area (Å²) in [6.45, 7) is 0.241. The topological polar surface area (TPSA) is 63.4 Å². The first-order valence-corrected chi connectivity index (χ1v) is 6.36. The molecule has 0 aliphatic carbocycles. The smallest absolute Gasteiger partial charge is 0.235 e. The summed E-state index contributed by atoms with van der Waals surface area (Å²) in [6.07, 6.45) is 4.23. The molecule has 0 fully saturated rings. The third-order valence-corrected chi connectivity index (χ3v) is 3.19. The second-order valence-electron chi connectivity index (χ2n) is 3.45. The molecule has 0 heterocycles. The van der Waals surface area contributed by atoms with E-state index in [2.05, 4.69) is 0 Å². The number of aliphatic hydroxyl groups excluding tert-OH is 1.